The van der Waals surface area contributed by atoms with Gasteiger partial charge in [-0.1, -0.05) is 107 Å². The number of halogens is 1. The number of piperazine rings is 1. The molecule has 4 heterocycles. The van der Waals surface area contributed by atoms with Crippen molar-refractivity contribution >= 4 is 44.4 Å². The van der Waals surface area contributed by atoms with Crippen LogP contribution in [0.2, 0.25) is 0 Å². The summed E-state index contributed by atoms with van der Waals surface area (Å²) in [5.74, 6) is 0.256. The van der Waals surface area contributed by atoms with Crippen molar-refractivity contribution in [2.45, 2.75) is 96.3 Å². The Morgan fingerprint density at radius 1 is 0.918 bits per heavy atom. The van der Waals surface area contributed by atoms with Crippen molar-refractivity contribution in [3.05, 3.63) is 54.1 Å². The zero-order chi connectivity index (χ0) is 34.4. The minimum Gasteiger partial charge on any atom is -0.354 e. The molecule has 4 aromatic rings. The highest BCUT2D eigenvalue weighted by Gasteiger charge is 2.27. The minimum atomic E-state index is -0.502. The lowest BCUT2D eigenvalue weighted by molar-refractivity contribution is -0.133. The van der Waals surface area contributed by atoms with Gasteiger partial charge in [0.2, 0.25) is 11.9 Å². The summed E-state index contributed by atoms with van der Waals surface area (Å²) in [5.41, 5.74) is 2.65. The number of carbonyl (C=O) groups excluding carboxylic acids is 1. The second kappa shape index (κ2) is 18.9. The maximum absolute atomic E-state index is 14.9. The number of pyridine rings is 1. The Balaban J connectivity index is 1.18. The first kappa shape index (κ1) is 36.6. The van der Waals surface area contributed by atoms with Crippen molar-refractivity contribution < 1.29 is 9.18 Å². The van der Waals surface area contributed by atoms with Crippen LogP contribution in [0.1, 0.15) is 102 Å². The first-order valence-corrected chi connectivity index (χ1v) is 19.1. The second-order valence-electron chi connectivity index (χ2n) is 13.4. The van der Waals surface area contributed by atoms with E-state index in [2.05, 4.69) is 37.5 Å². The summed E-state index contributed by atoms with van der Waals surface area (Å²) in [6.45, 7) is 5.39. The molecule has 0 spiro atoms. The molecule has 2 N–H and O–H groups in total. The lowest BCUT2D eigenvalue weighted by Gasteiger charge is -2.31. The molecule has 3 aromatic heterocycles. The third kappa shape index (κ3) is 10.6. The number of hydrogen-bond acceptors (Lipinski definition) is 9. The summed E-state index contributed by atoms with van der Waals surface area (Å²) in [6.07, 6.45) is 19.3. The number of rotatable bonds is 19. The molecule has 0 radical (unpaired) electrons. The number of aromatic nitrogens is 4. The van der Waals surface area contributed by atoms with Gasteiger partial charge in [-0.3, -0.25) is 4.79 Å². The third-order valence-corrected chi connectivity index (χ3v) is 10.5. The molecule has 1 amide bonds. The van der Waals surface area contributed by atoms with Crippen LogP contribution in [-0.4, -0.2) is 71.0 Å². The average Bonchev–Trinajstić information content (AvgIpc) is 3.56. The van der Waals surface area contributed by atoms with Crippen molar-refractivity contribution in [1.29, 1.82) is 0 Å². The summed E-state index contributed by atoms with van der Waals surface area (Å²) in [6, 6.07) is 9.46. The van der Waals surface area contributed by atoms with E-state index in [1.54, 1.807) is 17.5 Å². The van der Waals surface area contributed by atoms with Gasteiger partial charge >= 0.3 is 0 Å². The van der Waals surface area contributed by atoms with E-state index in [0.717, 1.165) is 66.4 Å². The van der Waals surface area contributed by atoms with Crippen LogP contribution in [0.3, 0.4) is 0 Å². The van der Waals surface area contributed by atoms with Crippen molar-refractivity contribution in [1.82, 2.24) is 30.2 Å². The van der Waals surface area contributed by atoms with E-state index in [1.165, 1.54) is 70.4 Å². The summed E-state index contributed by atoms with van der Waals surface area (Å²) in [4.78, 5) is 35.6. The summed E-state index contributed by atoms with van der Waals surface area (Å²) in [5, 5.41) is 7.37. The number of fused-ring (bicyclic) bond motifs is 1. The molecule has 264 valence electrons. The van der Waals surface area contributed by atoms with Crippen LogP contribution in [0.5, 0.6) is 0 Å². The van der Waals surface area contributed by atoms with Crippen LogP contribution in [0.15, 0.2) is 42.7 Å². The van der Waals surface area contributed by atoms with Gasteiger partial charge in [0.25, 0.3) is 0 Å². The molecule has 1 saturated heterocycles. The topological polar surface area (TPSA) is 99.2 Å². The first-order valence-electron chi connectivity index (χ1n) is 18.3. The smallest absolute Gasteiger partial charge is 0.230 e. The highest BCUT2D eigenvalue weighted by atomic mass is 32.1. The van der Waals surface area contributed by atoms with Gasteiger partial charge in [-0.15, -0.1) is 0 Å². The van der Waals surface area contributed by atoms with Crippen LogP contribution in [-0.2, 0) is 4.79 Å². The van der Waals surface area contributed by atoms with E-state index in [9.17, 15) is 9.18 Å². The van der Waals surface area contributed by atoms with Gasteiger partial charge < -0.3 is 20.4 Å². The number of carbonyl (C=O) groups is 1. The molecule has 0 aliphatic carbocycles. The van der Waals surface area contributed by atoms with E-state index in [1.807, 2.05) is 54.2 Å². The SMILES string of the molecule is CCCCCCCCCCCCCCC(C(=O)N1CCNCC1)c1ccc(Nc2ncc(F)c(-c3ccc4nc(N(C)C)sc4c3)n2)nc1. The highest BCUT2D eigenvalue weighted by molar-refractivity contribution is 7.22. The molecule has 1 fully saturated rings. The number of nitrogens with one attached hydrogen (secondary N) is 2. The van der Waals surface area contributed by atoms with Gasteiger partial charge in [-0.2, -0.15) is 0 Å². The largest absolute Gasteiger partial charge is 0.354 e. The first-order chi connectivity index (χ1) is 23.9. The van der Waals surface area contributed by atoms with Crippen molar-refractivity contribution in [2.75, 3.05) is 50.5 Å². The number of unbranched alkanes of at least 4 members (excludes halogenated alkanes) is 11. The molecule has 1 aliphatic rings. The molecule has 1 atom stereocenters. The molecule has 9 nitrogen and oxygen atoms in total. The Morgan fingerprint density at radius 2 is 1.61 bits per heavy atom. The average molecular weight is 689 g/mol. The third-order valence-electron chi connectivity index (χ3n) is 9.28. The van der Waals surface area contributed by atoms with Crippen LogP contribution in [0, 0.1) is 5.82 Å². The predicted octanol–water partition coefficient (Wildman–Crippen LogP) is 8.70. The fraction of sp³-hybridized carbons (Fsp3) is 0.553. The Labute approximate surface area is 295 Å². The van der Waals surface area contributed by atoms with Gasteiger partial charge in [-0.25, -0.2) is 24.3 Å². The van der Waals surface area contributed by atoms with Crippen LogP contribution in [0.4, 0.5) is 21.3 Å². The van der Waals surface area contributed by atoms with Gasteiger partial charge in [0, 0.05) is 52.0 Å². The van der Waals surface area contributed by atoms with Gasteiger partial charge in [0.05, 0.1) is 22.3 Å². The van der Waals surface area contributed by atoms with Crippen molar-refractivity contribution in [3.8, 4) is 11.3 Å². The van der Waals surface area contributed by atoms with E-state index in [-0.39, 0.29) is 23.5 Å². The maximum Gasteiger partial charge on any atom is 0.230 e. The summed E-state index contributed by atoms with van der Waals surface area (Å²) >= 11 is 1.55. The number of hydrogen-bond donors (Lipinski definition) is 2. The fourth-order valence-corrected chi connectivity index (χ4v) is 7.34. The monoisotopic (exact) mass is 688 g/mol. The number of amides is 1. The highest BCUT2D eigenvalue weighted by Crippen LogP contribution is 2.32. The molecule has 5 rings (SSSR count). The number of nitrogens with zero attached hydrogens (tertiary/aromatic N) is 6. The van der Waals surface area contributed by atoms with Crippen LogP contribution in [0.25, 0.3) is 21.5 Å². The lowest BCUT2D eigenvalue weighted by atomic mass is 9.92. The Hall–Kier alpha value is -3.70. The van der Waals surface area contributed by atoms with Crippen LogP contribution >= 0.6 is 11.3 Å². The number of thiazole rings is 1. The fourth-order valence-electron chi connectivity index (χ4n) is 6.41. The summed E-state index contributed by atoms with van der Waals surface area (Å²) < 4.78 is 15.9. The van der Waals surface area contributed by atoms with E-state index < -0.39 is 5.82 Å². The minimum absolute atomic E-state index is 0.189. The van der Waals surface area contributed by atoms with Crippen molar-refractivity contribution in [2.24, 2.45) is 0 Å². The molecular weight excluding hydrogens is 636 g/mol. The second-order valence-corrected chi connectivity index (χ2v) is 14.4. The van der Waals surface area contributed by atoms with Gasteiger partial charge in [-0.05, 0) is 30.2 Å². The molecule has 0 bridgehead atoms. The summed E-state index contributed by atoms with van der Waals surface area (Å²) in [7, 11) is 3.90. The molecule has 1 aromatic carbocycles. The molecule has 1 aliphatic heterocycles. The number of benzene rings is 1. The van der Waals surface area contributed by atoms with Crippen molar-refractivity contribution in [3.63, 3.8) is 0 Å². The van der Waals surface area contributed by atoms with E-state index in [4.69, 9.17) is 0 Å². The lowest BCUT2D eigenvalue weighted by Crippen LogP contribution is -2.48. The van der Waals surface area contributed by atoms with Gasteiger partial charge in [0.1, 0.15) is 11.5 Å². The zero-order valence-corrected chi connectivity index (χ0v) is 30.3. The Morgan fingerprint density at radius 3 is 2.27 bits per heavy atom. The predicted molar refractivity (Wildman–Crippen MR) is 200 cm³/mol. The molecule has 11 heteroatoms. The molecule has 0 saturated carbocycles. The maximum atomic E-state index is 14.9. The van der Waals surface area contributed by atoms with Gasteiger partial charge in [0.15, 0.2) is 10.9 Å². The quantitative estimate of drug-likeness (QED) is 0.0945. The van der Waals surface area contributed by atoms with E-state index in [0.29, 0.717) is 11.4 Å². The molecule has 1 unspecified atom stereocenters. The Kier molecular flexibility index (Phi) is 14.1. The normalized spacial score (nSPS) is 13.9. The Bertz CT molecular complexity index is 1610. The zero-order valence-electron chi connectivity index (χ0n) is 29.5. The van der Waals surface area contributed by atoms with E-state index >= 15 is 0 Å². The standard InChI is InChI=1S/C38H53FN8OS/c1-4-5-6-7-8-9-10-11-12-13-14-15-16-30(36(48)47-23-21-40-22-24-47)29-18-20-34(41-26-29)44-37-42-27-31(39)35(45-37)28-17-19-32-33(25-28)49-38(43-32)46(2)3/h17-20,25-27,30,40H,4-16,21-24H2,1-3H3,(H,41,42,44,45). The number of anilines is 3. The molecule has 49 heavy (non-hydrogen) atoms. The molecular formula is C38H53FN8OS. The van der Waals surface area contributed by atoms with Crippen LogP contribution < -0.4 is 15.5 Å².